The van der Waals surface area contributed by atoms with Crippen molar-refractivity contribution in [2.24, 2.45) is 23.7 Å². The van der Waals surface area contributed by atoms with Gasteiger partial charge in [0.15, 0.2) is 11.6 Å². The van der Waals surface area contributed by atoms with Crippen LogP contribution in [0.5, 0.6) is 5.75 Å². The normalized spacial score (nSPS) is 27.8. The number of fused-ring (bicyclic) bond motifs is 4. The van der Waals surface area contributed by atoms with E-state index in [1.54, 1.807) is 42.5 Å². The number of allylic oxidation sites excluding steroid dienone is 4. The molecule has 0 aromatic heterocycles. The number of anilines is 1. The Kier molecular flexibility index (Phi) is 6.99. The van der Waals surface area contributed by atoms with Crippen LogP contribution in [0.3, 0.4) is 0 Å². The van der Waals surface area contributed by atoms with E-state index in [0.717, 1.165) is 22.3 Å². The van der Waals surface area contributed by atoms with Gasteiger partial charge in [-0.15, -0.1) is 0 Å². The number of nitrogens with zero attached hydrogens (tertiary/aromatic N) is 1. The van der Waals surface area contributed by atoms with E-state index in [-0.39, 0.29) is 35.6 Å². The van der Waals surface area contributed by atoms with Crippen LogP contribution >= 0.6 is 0 Å². The lowest BCUT2D eigenvalue weighted by Crippen LogP contribution is -2.58. The van der Waals surface area contributed by atoms with Gasteiger partial charge in [0.1, 0.15) is 5.75 Å². The topological polar surface area (TPSA) is 91.8 Å². The average molecular weight is 632 g/mol. The van der Waals surface area contributed by atoms with Crippen LogP contribution in [0.25, 0.3) is 11.6 Å². The van der Waals surface area contributed by atoms with E-state index in [2.05, 4.69) is 6.58 Å². The molecule has 6 unspecified atom stereocenters. The molecule has 0 radical (unpaired) electrons. The van der Waals surface area contributed by atoms with Crippen molar-refractivity contribution in [3.8, 4) is 5.75 Å². The van der Waals surface area contributed by atoms with Crippen LogP contribution in [0.15, 0.2) is 133 Å². The van der Waals surface area contributed by atoms with Crippen molar-refractivity contribution in [2.75, 3.05) is 4.90 Å². The van der Waals surface area contributed by atoms with Crippen LogP contribution in [0.2, 0.25) is 0 Å². The lowest BCUT2D eigenvalue weighted by Gasteiger charge is -2.55. The largest absolute Gasteiger partial charge is 0.508 e. The minimum absolute atomic E-state index is 0.0843. The predicted molar refractivity (Wildman–Crippen MR) is 184 cm³/mol. The molecule has 0 spiro atoms. The molecule has 3 aliphatic carbocycles. The number of hydrogen-bond acceptors (Lipinski definition) is 5. The summed E-state index contributed by atoms with van der Waals surface area (Å²) < 4.78 is 0. The molecular weight excluding hydrogens is 598 g/mol. The molecule has 1 N–H and O–H groups in total. The van der Waals surface area contributed by atoms with Crippen molar-refractivity contribution in [1.29, 1.82) is 0 Å². The van der Waals surface area contributed by atoms with Crippen LogP contribution in [0.4, 0.5) is 5.69 Å². The zero-order chi connectivity index (χ0) is 33.2. The van der Waals surface area contributed by atoms with Crippen LogP contribution in [-0.4, -0.2) is 28.5 Å². The molecule has 1 heterocycles. The first kappa shape index (κ1) is 29.8. The maximum Gasteiger partial charge on any atom is 0.238 e. The summed E-state index contributed by atoms with van der Waals surface area (Å²) in [6.45, 7) is 3.80. The van der Waals surface area contributed by atoms with Crippen molar-refractivity contribution < 1.29 is 24.3 Å². The SMILES string of the molecule is C=Cc1ccc(N2C(=O)C3CC=C4C(CC5C(=O)C(c6ccccc6)=CC(=O)C5(c5ccccc5)C4c4ccc(O)cc4)C3C2=O)cc1. The van der Waals surface area contributed by atoms with E-state index in [0.29, 0.717) is 23.2 Å². The summed E-state index contributed by atoms with van der Waals surface area (Å²) in [7, 11) is 0. The third-order valence-electron chi connectivity index (χ3n) is 11.0. The average Bonchev–Trinajstić information content (AvgIpc) is 3.39. The van der Waals surface area contributed by atoms with E-state index >= 15 is 0 Å². The van der Waals surface area contributed by atoms with Crippen molar-refractivity contribution in [3.63, 3.8) is 0 Å². The van der Waals surface area contributed by atoms with Crippen LogP contribution in [-0.2, 0) is 24.6 Å². The van der Waals surface area contributed by atoms with Crippen LogP contribution in [0.1, 0.15) is 41.0 Å². The van der Waals surface area contributed by atoms with E-state index in [1.807, 2.05) is 78.9 Å². The quantitative estimate of drug-likeness (QED) is 0.188. The van der Waals surface area contributed by atoms with Gasteiger partial charge in [-0.05, 0) is 71.4 Å². The monoisotopic (exact) mass is 631 g/mol. The first-order valence-electron chi connectivity index (χ1n) is 16.3. The van der Waals surface area contributed by atoms with Gasteiger partial charge in [-0.2, -0.15) is 0 Å². The number of aromatic hydroxyl groups is 1. The molecule has 4 aliphatic rings. The second-order valence-corrected chi connectivity index (χ2v) is 13.2. The fraction of sp³-hybridized carbons (Fsp3) is 0.190. The zero-order valence-electron chi connectivity index (χ0n) is 26.2. The van der Waals surface area contributed by atoms with E-state index in [9.17, 15) is 24.3 Å². The summed E-state index contributed by atoms with van der Waals surface area (Å²) in [5.41, 5.74) is 3.51. The number of ketones is 2. The first-order valence-corrected chi connectivity index (χ1v) is 16.3. The zero-order valence-corrected chi connectivity index (χ0v) is 26.2. The lowest BCUT2D eigenvalue weighted by molar-refractivity contribution is -0.135. The third-order valence-corrected chi connectivity index (χ3v) is 11.0. The maximum atomic E-state index is 15.0. The molecule has 6 atom stereocenters. The molecule has 1 aliphatic heterocycles. The molecule has 1 saturated heterocycles. The van der Waals surface area contributed by atoms with Gasteiger partial charge < -0.3 is 5.11 Å². The first-order chi connectivity index (χ1) is 23.3. The van der Waals surface area contributed by atoms with Gasteiger partial charge in [0.05, 0.1) is 22.9 Å². The minimum Gasteiger partial charge on any atom is -0.508 e. The van der Waals surface area contributed by atoms with Crippen molar-refractivity contribution in [1.82, 2.24) is 0 Å². The van der Waals surface area contributed by atoms with Crippen molar-refractivity contribution >= 4 is 40.7 Å². The Morgan fingerprint density at radius 3 is 2.10 bits per heavy atom. The fourth-order valence-electron chi connectivity index (χ4n) is 8.93. The lowest BCUT2D eigenvalue weighted by atomic mass is 9.44. The Bertz CT molecular complexity index is 2040. The molecule has 8 rings (SSSR count). The molecule has 2 amide bonds. The second-order valence-electron chi connectivity index (χ2n) is 13.2. The molecule has 236 valence electrons. The number of phenolic OH excluding ortho intramolecular Hbond substituents is 1. The highest BCUT2D eigenvalue weighted by Gasteiger charge is 2.66. The smallest absolute Gasteiger partial charge is 0.238 e. The summed E-state index contributed by atoms with van der Waals surface area (Å²) in [6.07, 6.45) is 5.86. The molecule has 2 fully saturated rings. The molecule has 6 nitrogen and oxygen atoms in total. The number of Topliss-reactive ketones (excluding diaryl/α,β-unsaturated/α-hetero) is 1. The standard InChI is InChI=1S/C42H33NO5/c1-2-25-13-17-29(18-14-25)43-40(47)32-22-21-31-34(37(32)41(43)48)23-35-39(46)33(26-9-5-3-6-10-26)24-36(45)42(35,28-11-7-4-8-12-28)38(31)27-15-19-30(44)20-16-27/h2-21,24,32,34-35,37-38,44H,1,22-23H2. The summed E-state index contributed by atoms with van der Waals surface area (Å²) in [5.74, 6) is -3.90. The van der Waals surface area contributed by atoms with Crippen molar-refractivity contribution in [2.45, 2.75) is 24.2 Å². The number of phenols is 1. The Hall–Kier alpha value is -5.62. The number of benzene rings is 4. The van der Waals surface area contributed by atoms with Gasteiger partial charge >= 0.3 is 0 Å². The number of amides is 2. The fourth-order valence-corrected chi connectivity index (χ4v) is 8.93. The Labute approximate surface area is 278 Å². The maximum absolute atomic E-state index is 15.0. The predicted octanol–water partition coefficient (Wildman–Crippen LogP) is 7.06. The van der Waals surface area contributed by atoms with Gasteiger partial charge in [0.25, 0.3) is 0 Å². The molecule has 4 aromatic rings. The van der Waals surface area contributed by atoms with E-state index in [4.69, 9.17) is 0 Å². The number of carbonyl (C=O) groups excluding carboxylic acids is 4. The summed E-state index contributed by atoms with van der Waals surface area (Å²) in [4.78, 5) is 59.7. The van der Waals surface area contributed by atoms with Crippen LogP contribution in [0, 0.1) is 23.7 Å². The van der Waals surface area contributed by atoms with E-state index in [1.165, 1.54) is 11.0 Å². The molecule has 48 heavy (non-hydrogen) atoms. The molecule has 1 saturated carbocycles. The molecular formula is C42H33NO5. The highest BCUT2D eigenvalue weighted by atomic mass is 16.3. The Morgan fingerprint density at radius 1 is 0.771 bits per heavy atom. The van der Waals surface area contributed by atoms with E-state index < -0.39 is 35.0 Å². The van der Waals surface area contributed by atoms with Gasteiger partial charge in [0.2, 0.25) is 11.8 Å². The summed E-state index contributed by atoms with van der Waals surface area (Å²) in [5, 5.41) is 10.3. The highest BCUT2D eigenvalue weighted by molar-refractivity contribution is 6.32. The summed E-state index contributed by atoms with van der Waals surface area (Å²) >= 11 is 0. The number of hydrogen-bond donors (Lipinski definition) is 1. The Balaban J connectivity index is 1.33. The highest BCUT2D eigenvalue weighted by Crippen LogP contribution is 2.63. The van der Waals surface area contributed by atoms with Gasteiger partial charge in [-0.1, -0.05) is 109 Å². The number of rotatable bonds is 5. The molecule has 4 aromatic carbocycles. The van der Waals surface area contributed by atoms with Gasteiger partial charge in [0, 0.05) is 17.4 Å². The van der Waals surface area contributed by atoms with Gasteiger partial charge in [-0.25, -0.2) is 0 Å². The van der Waals surface area contributed by atoms with Gasteiger partial charge in [-0.3, -0.25) is 24.1 Å². The van der Waals surface area contributed by atoms with Crippen molar-refractivity contribution in [3.05, 3.63) is 156 Å². The molecule has 6 heteroatoms. The second kappa shape index (κ2) is 11.3. The summed E-state index contributed by atoms with van der Waals surface area (Å²) in [6, 6.07) is 32.7. The number of imide groups is 1. The third kappa shape index (κ3) is 4.25. The Morgan fingerprint density at radius 2 is 1.44 bits per heavy atom. The minimum atomic E-state index is -1.30. The number of carbonyl (C=O) groups is 4. The van der Waals surface area contributed by atoms with Crippen LogP contribution < -0.4 is 4.90 Å². The molecule has 0 bridgehead atoms.